The molecule has 0 unspecified atom stereocenters. The van der Waals surface area contributed by atoms with Crippen molar-refractivity contribution in [3.8, 4) is 0 Å². The van der Waals surface area contributed by atoms with E-state index in [1.165, 1.54) is 19.1 Å². The molecule has 0 fully saturated rings. The van der Waals surface area contributed by atoms with Crippen LogP contribution in [0.25, 0.3) is 10.9 Å². The minimum Gasteiger partial charge on any atom is -0.477 e. The Balaban J connectivity index is 2.96. The molecular weight excluding hydrogens is 213 g/mol. The van der Waals surface area contributed by atoms with Gasteiger partial charge in [-0.25, -0.2) is 9.18 Å². The fourth-order valence-electron chi connectivity index (χ4n) is 1.64. The zero-order valence-electron chi connectivity index (χ0n) is 8.37. The number of hydrogen-bond acceptors (Lipinski definition) is 2. The van der Waals surface area contributed by atoms with Crippen molar-refractivity contribution in [1.29, 1.82) is 0 Å². The molecule has 1 aromatic heterocycles. The highest BCUT2D eigenvalue weighted by atomic mass is 19.1. The molecule has 2 N–H and O–H groups in total. The lowest BCUT2D eigenvalue weighted by Gasteiger charge is -2.04. The van der Waals surface area contributed by atoms with Crippen LogP contribution in [0.1, 0.15) is 16.1 Å². The van der Waals surface area contributed by atoms with E-state index in [1.54, 1.807) is 0 Å². The molecule has 0 radical (unpaired) electrons. The Labute approximate surface area is 89.3 Å². The van der Waals surface area contributed by atoms with E-state index in [1.807, 2.05) is 0 Å². The van der Waals surface area contributed by atoms with Crippen molar-refractivity contribution >= 4 is 16.9 Å². The Bertz CT molecular complexity index is 645. The van der Waals surface area contributed by atoms with Crippen molar-refractivity contribution in [2.45, 2.75) is 6.92 Å². The Morgan fingerprint density at radius 1 is 1.44 bits per heavy atom. The Morgan fingerprint density at radius 3 is 2.75 bits per heavy atom. The average molecular weight is 221 g/mol. The fourth-order valence-corrected chi connectivity index (χ4v) is 1.64. The standard InChI is InChI=1S/C11H8FNO3/c1-5-9(11(15)16)10(14)7-4-6(12)2-3-8(7)13-5/h2-4H,1H3,(H,13,14)(H,15,16). The van der Waals surface area contributed by atoms with E-state index in [0.29, 0.717) is 5.52 Å². The molecular formula is C11H8FNO3. The molecule has 0 spiro atoms. The maximum Gasteiger partial charge on any atom is 0.341 e. The molecule has 0 aliphatic carbocycles. The molecule has 16 heavy (non-hydrogen) atoms. The van der Waals surface area contributed by atoms with Crippen molar-refractivity contribution in [2.24, 2.45) is 0 Å². The lowest BCUT2D eigenvalue weighted by Crippen LogP contribution is -2.18. The van der Waals surface area contributed by atoms with Gasteiger partial charge in [-0.05, 0) is 25.1 Å². The van der Waals surface area contributed by atoms with E-state index in [2.05, 4.69) is 4.98 Å². The van der Waals surface area contributed by atoms with Crippen molar-refractivity contribution in [3.63, 3.8) is 0 Å². The van der Waals surface area contributed by atoms with E-state index < -0.39 is 17.2 Å². The van der Waals surface area contributed by atoms with Gasteiger partial charge < -0.3 is 10.1 Å². The molecule has 0 amide bonds. The molecule has 2 rings (SSSR count). The summed E-state index contributed by atoms with van der Waals surface area (Å²) in [6.45, 7) is 1.49. The highest BCUT2D eigenvalue weighted by molar-refractivity contribution is 5.93. The van der Waals surface area contributed by atoms with Gasteiger partial charge >= 0.3 is 5.97 Å². The van der Waals surface area contributed by atoms with E-state index in [0.717, 1.165) is 6.07 Å². The van der Waals surface area contributed by atoms with Gasteiger partial charge in [-0.3, -0.25) is 4.79 Å². The minimum absolute atomic E-state index is 0.0444. The van der Waals surface area contributed by atoms with Crippen LogP contribution in [0.5, 0.6) is 0 Å². The number of pyridine rings is 1. The third-order valence-corrected chi connectivity index (χ3v) is 2.36. The minimum atomic E-state index is -1.31. The highest BCUT2D eigenvalue weighted by Gasteiger charge is 2.15. The normalized spacial score (nSPS) is 10.6. The number of fused-ring (bicyclic) bond motifs is 1. The molecule has 1 heterocycles. The lowest BCUT2D eigenvalue weighted by atomic mass is 10.1. The lowest BCUT2D eigenvalue weighted by molar-refractivity contribution is 0.0694. The van der Waals surface area contributed by atoms with Crippen molar-refractivity contribution in [3.05, 3.63) is 45.5 Å². The Hall–Kier alpha value is -2.17. The molecule has 0 saturated heterocycles. The van der Waals surface area contributed by atoms with E-state index in [4.69, 9.17) is 5.11 Å². The summed E-state index contributed by atoms with van der Waals surface area (Å²) in [5.74, 6) is -1.89. The summed E-state index contributed by atoms with van der Waals surface area (Å²) in [7, 11) is 0. The topological polar surface area (TPSA) is 70.2 Å². The third-order valence-electron chi connectivity index (χ3n) is 2.36. The van der Waals surface area contributed by atoms with Gasteiger partial charge in [0.2, 0.25) is 5.43 Å². The van der Waals surface area contributed by atoms with Gasteiger partial charge in [0.1, 0.15) is 11.4 Å². The number of aryl methyl sites for hydroxylation is 1. The predicted molar refractivity (Wildman–Crippen MR) is 56.2 cm³/mol. The van der Waals surface area contributed by atoms with E-state index >= 15 is 0 Å². The molecule has 82 valence electrons. The molecule has 5 heteroatoms. The van der Waals surface area contributed by atoms with Gasteiger partial charge in [-0.15, -0.1) is 0 Å². The van der Waals surface area contributed by atoms with Crippen LogP contribution in [0.3, 0.4) is 0 Å². The summed E-state index contributed by atoms with van der Waals surface area (Å²) in [5, 5.41) is 8.91. The van der Waals surface area contributed by atoms with Crippen LogP contribution >= 0.6 is 0 Å². The summed E-state index contributed by atoms with van der Waals surface area (Å²) in [4.78, 5) is 25.4. The molecule has 0 saturated carbocycles. The number of halogens is 1. The first-order valence-corrected chi connectivity index (χ1v) is 4.56. The first-order valence-electron chi connectivity index (χ1n) is 4.56. The number of aromatic nitrogens is 1. The zero-order chi connectivity index (χ0) is 11.9. The van der Waals surface area contributed by atoms with E-state index in [9.17, 15) is 14.0 Å². The van der Waals surface area contributed by atoms with Crippen LogP contribution in [-0.2, 0) is 0 Å². The molecule has 4 nitrogen and oxygen atoms in total. The van der Waals surface area contributed by atoms with Gasteiger partial charge in [0.05, 0.1) is 0 Å². The fraction of sp³-hybridized carbons (Fsp3) is 0.0909. The summed E-state index contributed by atoms with van der Waals surface area (Å²) < 4.78 is 12.9. The average Bonchev–Trinajstić information content (AvgIpc) is 2.19. The van der Waals surface area contributed by atoms with Crippen molar-refractivity contribution in [1.82, 2.24) is 4.98 Å². The molecule has 0 bridgehead atoms. The number of nitrogens with one attached hydrogen (secondary N) is 1. The molecule has 2 aromatic rings. The number of aromatic amines is 1. The Kier molecular flexibility index (Phi) is 2.23. The zero-order valence-corrected chi connectivity index (χ0v) is 8.37. The highest BCUT2D eigenvalue weighted by Crippen LogP contribution is 2.12. The number of rotatable bonds is 1. The van der Waals surface area contributed by atoms with Crippen LogP contribution in [0.15, 0.2) is 23.0 Å². The van der Waals surface area contributed by atoms with Crippen LogP contribution in [0.4, 0.5) is 4.39 Å². The summed E-state index contributed by atoms with van der Waals surface area (Å²) in [6, 6.07) is 3.64. The summed E-state index contributed by atoms with van der Waals surface area (Å²) in [5.41, 5.74) is -0.332. The third kappa shape index (κ3) is 1.46. The van der Waals surface area contributed by atoms with Gasteiger partial charge in [0.15, 0.2) is 0 Å². The molecule has 0 aliphatic heterocycles. The number of H-pyrrole nitrogens is 1. The number of hydrogen-bond donors (Lipinski definition) is 2. The number of carboxylic acids is 1. The van der Waals surface area contributed by atoms with E-state index in [-0.39, 0.29) is 16.6 Å². The second kappa shape index (κ2) is 3.44. The first-order chi connectivity index (χ1) is 7.50. The van der Waals surface area contributed by atoms with Crippen LogP contribution in [0.2, 0.25) is 0 Å². The molecule has 0 aliphatic rings. The van der Waals surface area contributed by atoms with Gasteiger partial charge in [0, 0.05) is 16.6 Å². The Morgan fingerprint density at radius 2 is 2.12 bits per heavy atom. The van der Waals surface area contributed by atoms with Crippen molar-refractivity contribution in [2.75, 3.05) is 0 Å². The number of carboxylic acid groups (broad SMARTS) is 1. The largest absolute Gasteiger partial charge is 0.477 e. The van der Waals surface area contributed by atoms with Crippen LogP contribution < -0.4 is 5.43 Å². The van der Waals surface area contributed by atoms with Gasteiger partial charge in [0.25, 0.3) is 0 Å². The van der Waals surface area contributed by atoms with Gasteiger partial charge in [-0.2, -0.15) is 0 Å². The number of benzene rings is 1. The van der Waals surface area contributed by atoms with Crippen LogP contribution in [-0.4, -0.2) is 16.1 Å². The van der Waals surface area contributed by atoms with Crippen molar-refractivity contribution < 1.29 is 14.3 Å². The number of carbonyl (C=O) groups is 1. The molecule has 0 atom stereocenters. The van der Waals surface area contributed by atoms with Gasteiger partial charge in [-0.1, -0.05) is 0 Å². The SMILES string of the molecule is Cc1[nH]c2ccc(F)cc2c(=O)c1C(=O)O. The second-order valence-electron chi connectivity index (χ2n) is 3.45. The smallest absolute Gasteiger partial charge is 0.341 e. The summed E-state index contributed by atoms with van der Waals surface area (Å²) in [6.07, 6.45) is 0. The maximum absolute atomic E-state index is 12.9. The quantitative estimate of drug-likeness (QED) is 0.769. The number of aromatic carboxylic acids is 1. The first kappa shape index (κ1) is 10.4. The molecule has 1 aromatic carbocycles. The summed E-state index contributed by atoms with van der Waals surface area (Å²) >= 11 is 0. The second-order valence-corrected chi connectivity index (χ2v) is 3.45. The predicted octanol–water partition coefficient (Wildman–Crippen LogP) is 1.67. The van der Waals surface area contributed by atoms with Crippen LogP contribution in [0, 0.1) is 12.7 Å². The monoisotopic (exact) mass is 221 g/mol. The maximum atomic E-state index is 12.9.